The van der Waals surface area contributed by atoms with Crippen molar-refractivity contribution in [1.29, 1.82) is 0 Å². The summed E-state index contributed by atoms with van der Waals surface area (Å²) in [5, 5.41) is 10.8. The molecule has 0 radical (unpaired) electrons. The zero-order valence-electron chi connectivity index (χ0n) is 9.69. The average molecular weight is 255 g/mol. The Labute approximate surface area is 104 Å². The highest BCUT2D eigenvalue weighted by molar-refractivity contribution is 5.78. The molecule has 0 saturated heterocycles. The van der Waals surface area contributed by atoms with E-state index in [-0.39, 0.29) is 37.9 Å². The Morgan fingerprint density at radius 2 is 2.17 bits per heavy atom. The van der Waals surface area contributed by atoms with Crippen LogP contribution in [0.4, 0.5) is 4.39 Å². The van der Waals surface area contributed by atoms with Crippen molar-refractivity contribution in [2.75, 3.05) is 19.8 Å². The summed E-state index contributed by atoms with van der Waals surface area (Å²) < 4.78 is 17.6. The Bertz CT molecular complexity index is 422. The number of carbonyl (C=O) groups is 2. The Hall–Kier alpha value is -1.95. The van der Waals surface area contributed by atoms with Gasteiger partial charge in [-0.25, -0.2) is 9.18 Å². The van der Waals surface area contributed by atoms with Gasteiger partial charge in [0.15, 0.2) is 0 Å². The van der Waals surface area contributed by atoms with Crippen LogP contribution in [0.25, 0.3) is 0 Å². The summed E-state index contributed by atoms with van der Waals surface area (Å²) in [5.41, 5.74) is 0.582. The fraction of sp³-hybridized carbons (Fsp3) is 0.333. The number of amides is 1. The highest BCUT2D eigenvalue weighted by atomic mass is 19.1. The van der Waals surface area contributed by atoms with E-state index >= 15 is 0 Å². The molecule has 0 aliphatic rings. The summed E-state index contributed by atoms with van der Waals surface area (Å²) in [6, 6.07) is 5.79. The van der Waals surface area contributed by atoms with Gasteiger partial charge in [-0.3, -0.25) is 4.79 Å². The lowest BCUT2D eigenvalue weighted by molar-refractivity contribution is -0.142. The van der Waals surface area contributed by atoms with Gasteiger partial charge in [0.2, 0.25) is 5.91 Å². The molecule has 0 spiro atoms. The first-order valence-corrected chi connectivity index (χ1v) is 5.38. The molecule has 5 nitrogen and oxygen atoms in total. The molecule has 1 aromatic rings. The third-order valence-electron chi connectivity index (χ3n) is 2.05. The Morgan fingerprint density at radius 3 is 2.83 bits per heavy atom. The van der Waals surface area contributed by atoms with Crippen molar-refractivity contribution in [3.63, 3.8) is 0 Å². The minimum Gasteiger partial charge on any atom is -0.480 e. The number of carbonyl (C=O) groups excluding carboxylic acids is 1. The Kier molecular flexibility index (Phi) is 5.79. The van der Waals surface area contributed by atoms with Crippen LogP contribution in [-0.2, 0) is 20.7 Å². The van der Waals surface area contributed by atoms with Crippen LogP contribution in [0.1, 0.15) is 5.56 Å². The zero-order chi connectivity index (χ0) is 13.4. The van der Waals surface area contributed by atoms with Gasteiger partial charge < -0.3 is 15.2 Å². The van der Waals surface area contributed by atoms with Gasteiger partial charge in [-0.1, -0.05) is 12.1 Å². The number of ether oxygens (including phenoxy) is 1. The van der Waals surface area contributed by atoms with E-state index in [1.807, 2.05) is 0 Å². The average Bonchev–Trinajstić information content (AvgIpc) is 2.28. The number of benzene rings is 1. The molecule has 0 saturated carbocycles. The summed E-state index contributed by atoms with van der Waals surface area (Å²) in [4.78, 5) is 21.5. The summed E-state index contributed by atoms with van der Waals surface area (Å²) in [6.07, 6.45) is 0.0801. The van der Waals surface area contributed by atoms with Gasteiger partial charge >= 0.3 is 5.97 Å². The SMILES string of the molecule is O=C(O)COCCNC(=O)Cc1cccc(F)c1. The molecule has 0 bridgehead atoms. The van der Waals surface area contributed by atoms with Crippen molar-refractivity contribution in [3.05, 3.63) is 35.6 Å². The number of hydrogen-bond acceptors (Lipinski definition) is 3. The maximum absolute atomic E-state index is 12.8. The van der Waals surface area contributed by atoms with Gasteiger partial charge in [-0.05, 0) is 17.7 Å². The van der Waals surface area contributed by atoms with Gasteiger partial charge in [0.05, 0.1) is 13.0 Å². The molecule has 18 heavy (non-hydrogen) atoms. The zero-order valence-corrected chi connectivity index (χ0v) is 9.69. The molecule has 98 valence electrons. The predicted octanol–water partition coefficient (Wildman–Crippen LogP) is 0.586. The van der Waals surface area contributed by atoms with E-state index in [0.29, 0.717) is 5.56 Å². The molecule has 0 aromatic heterocycles. The van der Waals surface area contributed by atoms with Crippen molar-refractivity contribution >= 4 is 11.9 Å². The molecular weight excluding hydrogens is 241 g/mol. The fourth-order valence-electron chi connectivity index (χ4n) is 1.32. The van der Waals surface area contributed by atoms with E-state index in [4.69, 9.17) is 9.84 Å². The van der Waals surface area contributed by atoms with Crippen LogP contribution in [0.2, 0.25) is 0 Å². The second-order valence-corrected chi connectivity index (χ2v) is 3.60. The third-order valence-corrected chi connectivity index (χ3v) is 2.05. The van der Waals surface area contributed by atoms with Crippen LogP contribution >= 0.6 is 0 Å². The summed E-state index contributed by atoms with van der Waals surface area (Å²) in [6.45, 7) is -0.0393. The topological polar surface area (TPSA) is 75.6 Å². The van der Waals surface area contributed by atoms with Crippen molar-refractivity contribution in [3.8, 4) is 0 Å². The number of nitrogens with one attached hydrogen (secondary N) is 1. The van der Waals surface area contributed by atoms with Crippen molar-refractivity contribution in [1.82, 2.24) is 5.32 Å². The normalized spacial score (nSPS) is 10.1. The van der Waals surface area contributed by atoms with Crippen molar-refractivity contribution in [2.45, 2.75) is 6.42 Å². The van der Waals surface area contributed by atoms with Gasteiger partial charge in [0.25, 0.3) is 0 Å². The molecule has 6 heteroatoms. The Morgan fingerprint density at radius 1 is 1.39 bits per heavy atom. The van der Waals surface area contributed by atoms with Gasteiger partial charge in [0.1, 0.15) is 12.4 Å². The largest absolute Gasteiger partial charge is 0.480 e. The number of hydrogen-bond donors (Lipinski definition) is 2. The highest BCUT2D eigenvalue weighted by Crippen LogP contribution is 2.03. The van der Waals surface area contributed by atoms with Crippen LogP contribution in [0.15, 0.2) is 24.3 Å². The first-order valence-electron chi connectivity index (χ1n) is 5.38. The van der Waals surface area contributed by atoms with Crippen LogP contribution in [0.3, 0.4) is 0 Å². The first kappa shape index (κ1) is 14.1. The van der Waals surface area contributed by atoms with Gasteiger partial charge in [0, 0.05) is 6.54 Å². The highest BCUT2D eigenvalue weighted by Gasteiger charge is 2.04. The molecule has 0 atom stereocenters. The smallest absolute Gasteiger partial charge is 0.329 e. The molecule has 0 aliphatic carbocycles. The lowest BCUT2D eigenvalue weighted by atomic mass is 10.1. The lowest BCUT2D eigenvalue weighted by Crippen LogP contribution is -2.29. The molecule has 1 amide bonds. The van der Waals surface area contributed by atoms with Crippen LogP contribution in [-0.4, -0.2) is 36.7 Å². The first-order chi connectivity index (χ1) is 8.58. The molecule has 0 unspecified atom stereocenters. The molecule has 0 heterocycles. The second kappa shape index (κ2) is 7.39. The standard InChI is InChI=1S/C12H14FNO4/c13-10-3-1-2-9(6-10)7-11(15)14-4-5-18-8-12(16)17/h1-3,6H,4-5,7-8H2,(H,14,15)(H,16,17). The molecule has 0 aliphatic heterocycles. The van der Waals surface area contributed by atoms with E-state index in [2.05, 4.69) is 5.32 Å². The van der Waals surface area contributed by atoms with E-state index in [1.165, 1.54) is 18.2 Å². The molecular formula is C12H14FNO4. The maximum atomic E-state index is 12.8. The van der Waals surface area contributed by atoms with E-state index in [9.17, 15) is 14.0 Å². The van der Waals surface area contributed by atoms with Crippen LogP contribution < -0.4 is 5.32 Å². The van der Waals surface area contributed by atoms with E-state index < -0.39 is 5.97 Å². The van der Waals surface area contributed by atoms with Gasteiger partial charge in [-0.15, -0.1) is 0 Å². The van der Waals surface area contributed by atoms with E-state index in [1.54, 1.807) is 6.07 Å². The number of rotatable bonds is 7. The number of carboxylic acids is 1. The van der Waals surface area contributed by atoms with Crippen molar-refractivity contribution in [2.24, 2.45) is 0 Å². The van der Waals surface area contributed by atoms with E-state index in [0.717, 1.165) is 0 Å². The van der Waals surface area contributed by atoms with Crippen LogP contribution in [0, 0.1) is 5.82 Å². The summed E-state index contributed by atoms with van der Waals surface area (Å²) in [5.74, 6) is -1.70. The summed E-state index contributed by atoms with van der Waals surface area (Å²) >= 11 is 0. The third kappa shape index (κ3) is 5.95. The number of aliphatic carboxylic acids is 1. The minimum absolute atomic E-state index is 0.0801. The second-order valence-electron chi connectivity index (χ2n) is 3.60. The lowest BCUT2D eigenvalue weighted by Gasteiger charge is -2.05. The van der Waals surface area contributed by atoms with Crippen LogP contribution in [0.5, 0.6) is 0 Å². The number of halogens is 1. The molecule has 2 N–H and O–H groups in total. The molecule has 0 fully saturated rings. The molecule has 1 rings (SSSR count). The fourth-order valence-corrected chi connectivity index (χ4v) is 1.32. The predicted molar refractivity (Wildman–Crippen MR) is 61.6 cm³/mol. The monoisotopic (exact) mass is 255 g/mol. The van der Waals surface area contributed by atoms with Crippen molar-refractivity contribution < 1.29 is 23.8 Å². The minimum atomic E-state index is -1.05. The quantitative estimate of drug-likeness (QED) is 0.699. The number of carboxylic acid groups (broad SMARTS) is 1. The maximum Gasteiger partial charge on any atom is 0.329 e. The van der Waals surface area contributed by atoms with Gasteiger partial charge in [-0.2, -0.15) is 0 Å². The Balaban J connectivity index is 2.20. The summed E-state index contributed by atoms with van der Waals surface area (Å²) in [7, 11) is 0. The molecule has 1 aromatic carbocycles.